The van der Waals surface area contributed by atoms with Gasteiger partial charge in [-0.1, -0.05) is 78.4 Å². The van der Waals surface area contributed by atoms with Crippen LogP contribution >= 0.6 is 11.8 Å². The molecule has 44 heavy (non-hydrogen) atoms. The smallest absolute Gasteiger partial charge is 0.131 e. The highest BCUT2D eigenvalue weighted by molar-refractivity contribution is 7.99. The molecule has 0 aromatic rings. The number of rotatable bonds is 14. The van der Waals surface area contributed by atoms with Gasteiger partial charge >= 0.3 is 0 Å². The van der Waals surface area contributed by atoms with Gasteiger partial charge < -0.3 is 24.8 Å². The number of thioether (sulfide) groups is 1. The Hall–Kier alpha value is -0.110. The van der Waals surface area contributed by atoms with Crippen molar-refractivity contribution in [1.29, 1.82) is 0 Å². The van der Waals surface area contributed by atoms with Crippen molar-refractivity contribution in [3.63, 3.8) is 0 Å². The van der Waals surface area contributed by atoms with E-state index in [2.05, 4.69) is 40.7 Å². The molecule has 254 valence electrons. The third kappa shape index (κ3) is 7.62. The summed E-state index contributed by atoms with van der Waals surface area (Å²) in [6, 6.07) is 0. The van der Waals surface area contributed by atoms with E-state index in [1.165, 1.54) is 64.2 Å². The molecule has 3 saturated carbocycles. The average Bonchev–Trinajstić information content (AvgIpc) is 3.35. The molecule has 1 aliphatic heterocycles. The molecule has 0 aromatic heterocycles. The van der Waals surface area contributed by atoms with Crippen molar-refractivity contribution in [1.82, 2.24) is 0 Å². The number of aliphatic hydroxyl groups excluding tert-OH is 3. The first-order valence-corrected chi connectivity index (χ1v) is 19.7. The maximum Gasteiger partial charge on any atom is 0.131 e. The Morgan fingerprint density at radius 1 is 0.909 bits per heavy atom. The highest BCUT2D eigenvalue weighted by Crippen LogP contribution is 2.67. The average molecular weight is 635 g/mol. The van der Waals surface area contributed by atoms with Crippen LogP contribution in [0, 0.1) is 46.3 Å². The van der Waals surface area contributed by atoms with Gasteiger partial charge in [-0.25, -0.2) is 0 Å². The summed E-state index contributed by atoms with van der Waals surface area (Å²) in [6.07, 6.45) is 19.5. The molecule has 0 spiro atoms. The van der Waals surface area contributed by atoms with Crippen molar-refractivity contribution in [2.75, 3.05) is 19.0 Å². The van der Waals surface area contributed by atoms with Crippen LogP contribution in [0.2, 0.25) is 0 Å². The topological polar surface area (TPSA) is 79.2 Å². The van der Waals surface area contributed by atoms with Crippen molar-refractivity contribution in [3.05, 3.63) is 11.6 Å². The van der Waals surface area contributed by atoms with E-state index in [-0.39, 0.29) is 6.61 Å². The Kier molecular flexibility index (Phi) is 12.3. The molecule has 1 heterocycles. The minimum absolute atomic E-state index is 0.0875. The SMILES string of the molecule is CC(C)CCC[C@@H](C)[C@H]1CCC2C3CC=C4C[C@@H](OCCCCCCS[C@@H]5OC[C@H](O)[C@H](O)[C@H]5O)CC[C@]4(C)C3CC[C@@]21C. The number of allylic oxidation sites excluding steroid dienone is 1. The van der Waals surface area contributed by atoms with Gasteiger partial charge in [0.15, 0.2) is 0 Å². The lowest BCUT2D eigenvalue weighted by molar-refractivity contribution is -0.161. The second-order valence-electron chi connectivity index (χ2n) is 16.6. The van der Waals surface area contributed by atoms with Gasteiger partial charge in [0.2, 0.25) is 0 Å². The molecule has 4 fully saturated rings. The molecule has 0 aromatic carbocycles. The van der Waals surface area contributed by atoms with Gasteiger partial charge in [-0.05, 0) is 116 Å². The summed E-state index contributed by atoms with van der Waals surface area (Å²) in [5.74, 6) is 6.25. The minimum atomic E-state index is -1.11. The Balaban J connectivity index is 1.02. The Morgan fingerprint density at radius 3 is 2.50 bits per heavy atom. The maximum atomic E-state index is 10.1. The number of ether oxygens (including phenoxy) is 2. The fraction of sp³-hybridized carbons (Fsp3) is 0.947. The molecule has 5 aliphatic rings. The van der Waals surface area contributed by atoms with Gasteiger partial charge in [-0.3, -0.25) is 0 Å². The lowest BCUT2D eigenvalue weighted by Crippen LogP contribution is -2.51. The van der Waals surface area contributed by atoms with Crippen LogP contribution < -0.4 is 0 Å². The largest absolute Gasteiger partial charge is 0.388 e. The maximum absolute atomic E-state index is 10.1. The minimum Gasteiger partial charge on any atom is -0.388 e. The third-order valence-corrected chi connectivity index (χ3v) is 14.7. The fourth-order valence-electron chi connectivity index (χ4n) is 10.7. The van der Waals surface area contributed by atoms with Crippen LogP contribution in [-0.2, 0) is 9.47 Å². The summed E-state index contributed by atoms with van der Waals surface area (Å²) in [5, 5.41) is 29.5. The number of aliphatic hydroxyl groups is 3. The van der Waals surface area contributed by atoms with Crippen molar-refractivity contribution >= 4 is 11.8 Å². The van der Waals surface area contributed by atoms with Crippen molar-refractivity contribution < 1.29 is 24.8 Å². The van der Waals surface area contributed by atoms with E-state index in [0.717, 1.165) is 80.0 Å². The predicted molar refractivity (Wildman–Crippen MR) is 181 cm³/mol. The first-order chi connectivity index (χ1) is 21.0. The van der Waals surface area contributed by atoms with E-state index in [1.807, 2.05) is 0 Å². The second kappa shape index (κ2) is 15.4. The van der Waals surface area contributed by atoms with E-state index in [1.54, 1.807) is 17.3 Å². The molecule has 4 aliphatic carbocycles. The number of hydrogen-bond donors (Lipinski definition) is 3. The number of fused-ring (bicyclic) bond motifs is 5. The quantitative estimate of drug-likeness (QED) is 0.132. The summed E-state index contributed by atoms with van der Waals surface area (Å²) >= 11 is 1.54. The van der Waals surface area contributed by atoms with Crippen LogP contribution in [0.3, 0.4) is 0 Å². The molecule has 12 atom stereocenters. The van der Waals surface area contributed by atoms with Crippen LogP contribution in [0.15, 0.2) is 11.6 Å². The Bertz CT molecular complexity index is 940. The molecule has 1 saturated heterocycles. The van der Waals surface area contributed by atoms with E-state index in [4.69, 9.17) is 9.47 Å². The van der Waals surface area contributed by atoms with E-state index in [9.17, 15) is 15.3 Å². The number of unbranched alkanes of at least 4 members (excludes halogenated alkanes) is 3. The Labute approximate surface area is 273 Å². The van der Waals surface area contributed by atoms with E-state index >= 15 is 0 Å². The zero-order valence-electron chi connectivity index (χ0n) is 28.7. The lowest BCUT2D eigenvalue weighted by atomic mass is 9.47. The first-order valence-electron chi connectivity index (χ1n) is 18.6. The molecular formula is C38H66O5S. The zero-order valence-corrected chi connectivity index (χ0v) is 29.5. The van der Waals surface area contributed by atoms with Crippen LogP contribution in [0.5, 0.6) is 0 Å². The van der Waals surface area contributed by atoms with Crippen molar-refractivity contribution in [2.45, 2.75) is 161 Å². The zero-order chi connectivity index (χ0) is 31.5. The highest BCUT2D eigenvalue weighted by Gasteiger charge is 2.59. The van der Waals surface area contributed by atoms with Crippen molar-refractivity contribution in [3.8, 4) is 0 Å². The van der Waals surface area contributed by atoms with Gasteiger partial charge in [-0.15, -0.1) is 11.8 Å². The molecule has 0 bridgehead atoms. The molecular weight excluding hydrogens is 568 g/mol. The summed E-state index contributed by atoms with van der Waals surface area (Å²) in [4.78, 5) is 0. The molecule has 5 rings (SSSR count). The van der Waals surface area contributed by atoms with Crippen LogP contribution in [0.25, 0.3) is 0 Å². The van der Waals surface area contributed by atoms with Crippen LogP contribution in [0.1, 0.15) is 131 Å². The van der Waals surface area contributed by atoms with Crippen molar-refractivity contribution in [2.24, 2.45) is 46.3 Å². The first kappa shape index (κ1) is 35.2. The normalized spacial score (nSPS) is 42.8. The van der Waals surface area contributed by atoms with E-state index < -0.39 is 23.7 Å². The molecule has 5 nitrogen and oxygen atoms in total. The molecule has 0 amide bonds. The van der Waals surface area contributed by atoms with E-state index in [0.29, 0.717) is 16.9 Å². The highest BCUT2D eigenvalue weighted by atomic mass is 32.2. The molecule has 0 radical (unpaired) electrons. The lowest BCUT2D eigenvalue weighted by Gasteiger charge is -2.58. The second-order valence-corrected chi connectivity index (χ2v) is 17.8. The van der Waals surface area contributed by atoms with Gasteiger partial charge in [0, 0.05) is 6.61 Å². The molecule has 3 unspecified atom stereocenters. The summed E-state index contributed by atoms with van der Waals surface area (Å²) in [6.45, 7) is 13.6. The summed E-state index contributed by atoms with van der Waals surface area (Å²) in [7, 11) is 0. The molecule has 3 N–H and O–H groups in total. The van der Waals surface area contributed by atoms with Crippen LogP contribution in [0.4, 0.5) is 0 Å². The predicted octanol–water partition coefficient (Wildman–Crippen LogP) is 8.15. The third-order valence-electron chi connectivity index (χ3n) is 13.4. The van der Waals surface area contributed by atoms with Crippen LogP contribution in [-0.4, -0.2) is 64.1 Å². The monoisotopic (exact) mass is 634 g/mol. The summed E-state index contributed by atoms with van der Waals surface area (Å²) in [5.41, 5.74) is 2.25. The standard InChI is InChI=1S/C38H66O5S/c1-25(2)11-10-12-26(3)30-15-16-31-29-14-13-27-23-28(17-19-37(27,4)32(29)18-20-38(30,31)5)42-21-8-6-7-9-22-44-36-35(41)34(40)33(39)24-43-36/h13,25-26,28-36,39-41H,6-12,14-24H2,1-5H3/t26-,28+,29?,30-,31?,32?,33+,34+,35-,36+,37+,38-/m1/s1. The van der Waals surface area contributed by atoms with Gasteiger partial charge in [0.05, 0.1) is 12.7 Å². The van der Waals surface area contributed by atoms with Gasteiger partial charge in [0.1, 0.15) is 23.7 Å². The Morgan fingerprint density at radius 2 is 1.70 bits per heavy atom. The number of hydrogen-bond acceptors (Lipinski definition) is 6. The van der Waals surface area contributed by atoms with Gasteiger partial charge in [0.25, 0.3) is 0 Å². The fourth-order valence-corrected chi connectivity index (χ4v) is 11.9. The summed E-state index contributed by atoms with van der Waals surface area (Å²) < 4.78 is 12.0. The van der Waals surface area contributed by atoms with Gasteiger partial charge in [-0.2, -0.15) is 0 Å². The molecule has 6 heteroatoms.